The van der Waals surface area contributed by atoms with Crippen molar-refractivity contribution >= 4 is 28.6 Å². The zero-order valence-electron chi connectivity index (χ0n) is 15.9. The Labute approximate surface area is 167 Å². The molecule has 1 spiro atoms. The van der Waals surface area contributed by atoms with Crippen LogP contribution >= 0.6 is 22.9 Å². The summed E-state index contributed by atoms with van der Waals surface area (Å²) in [6, 6.07) is 8.04. The molecule has 0 amide bonds. The molecule has 0 bridgehead atoms. The second-order valence-corrected chi connectivity index (χ2v) is 9.21. The molecule has 6 heteroatoms. The van der Waals surface area contributed by atoms with E-state index in [-0.39, 0.29) is 5.54 Å². The number of fused-ring (bicyclic) bond motifs is 4. The van der Waals surface area contributed by atoms with Gasteiger partial charge in [0.2, 0.25) is 0 Å². The predicted octanol–water partition coefficient (Wildman–Crippen LogP) is 5.38. The van der Waals surface area contributed by atoms with E-state index in [0.717, 1.165) is 40.8 Å². The van der Waals surface area contributed by atoms with Gasteiger partial charge in [-0.05, 0) is 50.8 Å². The first-order valence-electron chi connectivity index (χ1n) is 9.35. The maximum absolute atomic E-state index is 6.15. The first-order valence-corrected chi connectivity index (χ1v) is 10.5. The lowest BCUT2D eigenvalue weighted by Gasteiger charge is -2.12. The van der Waals surface area contributed by atoms with Crippen LogP contribution in [0.4, 0.5) is 0 Å². The fraction of sp³-hybridized carbons (Fsp3) is 0.381. The van der Waals surface area contributed by atoms with E-state index in [0.29, 0.717) is 5.92 Å². The van der Waals surface area contributed by atoms with E-state index in [2.05, 4.69) is 47.7 Å². The quantitative estimate of drug-likeness (QED) is 0.583. The number of aromatic nitrogens is 3. The average Bonchev–Trinajstić information content (AvgIpc) is 3.15. The van der Waals surface area contributed by atoms with Gasteiger partial charge in [-0.1, -0.05) is 37.1 Å². The lowest BCUT2D eigenvalue weighted by atomic mass is 9.99. The van der Waals surface area contributed by atoms with Gasteiger partial charge >= 0.3 is 0 Å². The molecule has 5 rings (SSSR count). The molecule has 138 valence electrons. The minimum absolute atomic E-state index is 0.260. The lowest BCUT2D eigenvalue weighted by Crippen LogP contribution is -2.14. The number of aryl methyl sites for hydroxylation is 2. The van der Waals surface area contributed by atoms with Crippen LogP contribution in [-0.4, -0.2) is 20.5 Å². The van der Waals surface area contributed by atoms with E-state index in [4.69, 9.17) is 16.6 Å². The van der Waals surface area contributed by atoms with E-state index in [1.807, 2.05) is 19.1 Å². The maximum Gasteiger partial charge on any atom is 0.166 e. The van der Waals surface area contributed by atoms with Crippen molar-refractivity contribution in [1.29, 1.82) is 0 Å². The van der Waals surface area contributed by atoms with Crippen molar-refractivity contribution in [3.63, 3.8) is 0 Å². The van der Waals surface area contributed by atoms with Crippen molar-refractivity contribution in [1.82, 2.24) is 14.8 Å². The molecule has 1 fully saturated rings. The second kappa shape index (κ2) is 5.76. The molecule has 2 aromatic heterocycles. The van der Waals surface area contributed by atoms with Gasteiger partial charge in [-0.3, -0.25) is 9.56 Å². The third kappa shape index (κ3) is 2.31. The zero-order valence-corrected chi connectivity index (χ0v) is 17.4. The van der Waals surface area contributed by atoms with Crippen molar-refractivity contribution in [3.05, 3.63) is 62.5 Å². The summed E-state index contributed by atoms with van der Waals surface area (Å²) >= 11 is 7.96. The van der Waals surface area contributed by atoms with Crippen LogP contribution in [0.2, 0.25) is 5.02 Å². The van der Waals surface area contributed by atoms with E-state index in [1.165, 1.54) is 21.0 Å². The molecule has 1 aliphatic carbocycles. The van der Waals surface area contributed by atoms with Gasteiger partial charge in [-0.2, -0.15) is 0 Å². The number of hydrogen-bond donors (Lipinski definition) is 0. The number of aliphatic imine (C=N–C) groups is 1. The van der Waals surface area contributed by atoms with Gasteiger partial charge in [0.05, 0.1) is 5.71 Å². The van der Waals surface area contributed by atoms with Gasteiger partial charge in [0.1, 0.15) is 16.4 Å². The van der Waals surface area contributed by atoms with Crippen molar-refractivity contribution in [3.8, 4) is 5.00 Å². The average molecular weight is 397 g/mol. The Bertz CT molecular complexity index is 1090. The Morgan fingerprint density at radius 3 is 2.59 bits per heavy atom. The third-order valence-electron chi connectivity index (χ3n) is 6.01. The van der Waals surface area contributed by atoms with Crippen LogP contribution in [0.1, 0.15) is 53.0 Å². The van der Waals surface area contributed by atoms with Crippen LogP contribution in [0, 0.1) is 26.7 Å². The molecular weight excluding hydrogens is 376 g/mol. The fourth-order valence-electron chi connectivity index (χ4n) is 4.26. The number of halogens is 1. The lowest BCUT2D eigenvalue weighted by molar-refractivity contribution is 0.573. The molecule has 27 heavy (non-hydrogen) atoms. The van der Waals surface area contributed by atoms with E-state index in [1.54, 1.807) is 11.3 Å². The Kier molecular flexibility index (Phi) is 3.66. The Balaban J connectivity index is 1.86. The summed E-state index contributed by atoms with van der Waals surface area (Å²) in [5, 5.41) is 11.0. The van der Waals surface area contributed by atoms with Crippen molar-refractivity contribution in [2.45, 2.75) is 46.1 Å². The van der Waals surface area contributed by atoms with E-state index in [9.17, 15) is 0 Å². The molecule has 1 aromatic carbocycles. The fourth-order valence-corrected chi connectivity index (χ4v) is 5.60. The molecule has 4 nitrogen and oxygen atoms in total. The largest absolute Gasteiger partial charge is 0.271 e. The van der Waals surface area contributed by atoms with Crippen LogP contribution in [0.5, 0.6) is 0 Å². The number of thiophene rings is 1. The Morgan fingerprint density at radius 2 is 1.93 bits per heavy atom. The highest BCUT2D eigenvalue weighted by Gasteiger charge is 2.59. The standard InChI is InChI=1S/C21H21ClN4S/c1-5-15-10-21(15)20-25-24-13(4)26(20)19-17(11(2)12(3)27-19)18(23-21)14-6-8-16(22)9-7-14/h6-9,15H,5,10H2,1-4H3/t15-,21+/m0/s1. The van der Waals surface area contributed by atoms with Crippen LogP contribution < -0.4 is 0 Å². The topological polar surface area (TPSA) is 43.1 Å². The number of nitrogens with zero attached hydrogens (tertiary/aromatic N) is 4. The van der Waals surface area contributed by atoms with Crippen LogP contribution in [0.25, 0.3) is 5.00 Å². The van der Waals surface area contributed by atoms with Gasteiger partial charge in [0, 0.05) is 21.0 Å². The van der Waals surface area contributed by atoms with E-state index < -0.39 is 0 Å². The summed E-state index contributed by atoms with van der Waals surface area (Å²) in [5.74, 6) is 2.44. The summed E-state index contributed by atoms with van der Waals surface area (Å²) in [4.78, 5) is 6.70. The molecule has 0 saturated heterocycles. The normalized spacial score (nSPS) is 23.0. The van der Waals surface area contributed by atoms with Gasteiger partial charge in [-0.25, -0.2) is 0 Å². The molecule has 0 N–H and O–H groups in total. The summed E-state index contributed by atoms with van der Waals surface area (Å²) in [5.41, 5.74) is 4.41. The molecule has 1 saturated carbocycles. The van der Waals surface area contributed by atoms with Gasteiger partial charge in [0.15, 0.2) is 5.82 Å². The van der Waals surface area contributed by atoms with Crippen molar-refractivity contribution in [2.75, 3.05) is 0 Å². The summed E-state index contributed by atoms with van der Waals surface area (Å²) in [6.45, 7) is 8.64. The first-order chi connectivity index (χ1) is 13.0. The highest BCUT2D eigenvalue weighted by atomic mass is 35.5. The third-order valence-corrected chi connectivity index (χ3v) is 7.46. The number of rotatable bonds is 2. The predicted molar refractivity (Wildman–Crippen MR) is 111 cm³/mol. The molecule has 2 atom stereocenters. The van der Waals surface area contributed by atoms with Crippen LogP contribution in [0.15, 0.2) is 29.3 Å². The number of benzene rings is 1. The van der Waals surface area contributed by atoms with E-state index >= 15 is 0 Å². The van der Waals surface area contributed by atoms with Gasteiger partial charge in [0.25, 0.3) is 0 Å². The minimum atomic E-state index is -0.260. The monoisotopic (exact) mass is 396 g/mol. The number of hydrogen-bond acceptors (Lipinski definition) is 4. The molecule has 3 heterocycles. The summed E-state index contributed by atoms with van der Waals surface area (Å²) in [7, 11) is 0. The Morgan fingerprint density at radius 1 is 1.19 bits per heavy atom. The maximum atomic E-state index is 6.15. The van der Waals surface area contributed by atoms with Crippen LogP contribution in [-0.2, 0) is 5.54 Å². The molecule has 0 unspecified atom stereocenters. The minimum Gasteiger partial charge on any atom is -0.271 e. The van der Waals surface area contributed by atoms with Crippen molar-refractivity contribution < 1.29 is 0 Å². The molecule has 3 aromatic rings. The summed E-state index contributed by atoms with van der Waals surface area (Å²) in [6.07, 6.45) is 2.13. The van der Waals surface area contributed by atoms with Gasteiger partial charge < -0.3 is 0 Å². The molecule has 2 aliphatic rings. The molecular formula is C21H21ClN4S. The molecule has 0 radical (unpaired) electrons. The SMILES string of the molecule is CC[C@H]1C[C@@]12N=C(c1ccc(Cl)cc1)c1c(sc(C)c1C)-n1c(C)nnc12. The molecule has 1 aliphatic heterocycles. The highest BCUT2D eigenvalue weighted by Crippen LogP contribution is 2.59. The highest BCUT2D eigenvalue weighted by molar-refractivity contribution is 7.15. The van der Waals surface area contributed by atoms with Crippen LogP contribution in [0.3, 0.4) is 0 Å². The first kappa shape index (κ1) is 17.1. The zero-order chi connectivity index (χ0) is 18.9. The summed E-state index contributed by atoms with van der Waals surface area (Å²) < 4.78 is 2.25. The second-order valence-electron chi connectivity index (χ2n) is 7.57. The van der Waals surface area contributed by atoms with Crippen molar-refractivity contribution in [2.24, 2.45) is 10.9 Å². The Hall–Kier alpha value is -1.98. The smallest absolute Gasteiger partial charge is 0.166 e. The van der Waals surface area contributed by atoms with Gasteiger partial charge in [-0.15, -0.1) is 21.5 Å².